The van der Waals surface area contributed by atoms with Crippen LogP contribution in [0, 0.1) is 6.92 Å². The van der Waals surface area contributed by atoms with Gasteiger partial charge in [-0.05, 0) is 55.0 Å². The van der Waals surface area contributed by atoms with Gasteiger partial charge in [-0.3, -0.25) is 4.79 Å². The molecule has 24 heavy (non-hydrogen) atoms. The molecule has 6 heteroatoms. The third kappa shape index (κ3) is 3.99. The smallest absolute Gasteiger partial charge is 0.336 e. The highest BCUT2D eigenvalue weighted by Gasteiger charge is 2.09. The van der Waals surface area contributed by atoms with Crippen molar-refractivity contribution in [2.45, 2.75) is 11.8 Å². The number of ether oxygens (including phenoxy) is 1. The predicted octanol–water partition coefficient (Wildman–Crippen LogP) is 4.45. The lowest BCUT2D eigenvalue weighted by Crippen LogP contribution is -2.10. The molecule has 0 saturated heterocycles. The number of fused-ring (bicyclic) bond motifs is 1. The van der Waals surface area contributed by atoms with E-state index in [-0.39, 0.29) is 11.7 Å². The van der Waals surface area contributed by atoms with E-state index in [9.17, 15) is 9.59 Å². The van der Waals surface area contributed by atoms with Crippen LogP contribution in [0.2, 0.25) is 5.02 Å². The second-order valence-corrected chi connectivity index (χ2v) is 6.61. The molecule has 0 aliphatic rings. The molecule has 0 atom stereocenters. The average molecular weight is 361 g/mol. The fourth-order valence-electron chi connectivity index (χ4n) is 2.20. The third-order valence-corrected chi connectivity index (χ3v) is 4.56. The van der Waals surface area contributed by atoms with Crippen molar-refractivity contribution >= 4 is 40.3 Å². The number of carbonyl (C=O) groups is 1. The van der Waals surface area contributed by atoms with Crippen LogP contribution in [0.3, 0.4) is 0 Å². The molecule has 0 saturated carbocycles. The number of esters is 1. The van der Waals surface area contributed by atoms with E-state index in [1.807, 2.05) is 12.1 Å². The number of halogens is 1. The van der Waals surface area contributed by atoms with Gasteiger partial charge in [0, 0.05) is 21.4 Å². The molecule has 122 valence electrons. The number of hydrogen-bond donors (Lipinski definition) is 0. The summed E-state index contributed by atoms with van der Waals surface area (Å²) in [6.07, 6.45) is 0. The maximum absolute atomic E-state index is 12.0. The molecule has 0 aliphatic carbocycles. The van der Waals surface area contributed by atoms with Crippen LogP contribution in [0.15, 0.2) is 62.6 Å². The molecular weight excluding hydrogens is 348 g/mol. The zero-order chi connectivity index (χ0) is 17.1. The second kappa shape index (κ2) is 7.11. The minimum absolute atomic E-state index is 0.183. The molecule has 1 heterocycles. The molecule has 0 N–H and O–H groups in total. The first-order chi connectivity index (χ1) is 11.5. The monoisotopic (exact) mass is 360 g/mol. The number of rotatable bonds is 4. The number of aryl methyl sites for hydroxylation is 1. The highest BCUT2D eigenvalue weighted by Crippen LogP contribution is 2.24. The molecule has 0 spiro atoms. The predicted molar refractivity (Wildman–Crippen MR) is 95.0 cm³/mol. The Morgan fingerprint density at radius 1 is 1.17 bits per heavy atom. The fourth-order valence-corrected chi connectivity index (χ4v) is 2.99. The molecule has 3 aromatic rings. The molecule has 2 aromatic carbocycles. The first-order valence-electron chi connectivity index (χ1n) is 7.15. The van der Waals surface area contributed by atoms with Gasteiger partial charge in [-0.1, -0.05) is 11.6 Å². The van der Waals surface area contributed by atoms with Crippen LogP contribution in [-0.2, 0) is 4.79 Å². The Kier molecular flexibility index (Phi) is 4.92. The van der Waals surface area contributed by atoms with E-state index in [1.54, 1.807) is 37.3 Å². The standard InChI is InChI=1S/C18H13ClO4S/c1-11-8-17(20)23-16-7-4-13(9-15(11)16)22-18(21)10-24-14-5-2-12(19)3-6-14/h2-9H,10H2,1H3. The number of carbonyl (C=O) groups excluding carboxylic acids is 1. The summed E-state index contributed by atoms with van der Waals surface area (Å²) in [5, 5.41) is 1.39. The molecule has 1 aromatic heterocycles. The van der Waals surface area contributed by atoms with E-state index in [0.29, 0.717) is 16.4 Å². The molecule has 3 rings (SSSR count). The molecular formula is C18H13ClO4S. The Hall–Kier alpha value is -2.24. The van der Waals surface area contributed by atoms with Crippen LogP contribution in [0.5, 0.6) is 5.75 Å². The first-order valence-corrected chi connectivity index (χ1v) is 8.51. The Balaban J connectivity index is 1.69. The Morgan fingerprint density at radius 3 is 2.67 bits per heavy atom. The summed E-state index contributed by atoms with van der Waals surface area (Å²) in [5.41, 5.74) is 0.842. The van der Waals surface area contributed by atoms with Crippen LogP contribution in [-0.4, -0.2) is 11.7 Å². The summed E-state index contributed by atoms with van der Waals surface area (Å²) in [6.45, 7) is 1.81. The van der Waals surface area contributed by atoms with Gasteiger partial charge in [0.25, 0.3) is 0 Å². The van der Waals surface area contributed by atoms with Crippen molar-refractivity contribution in [3.8, 4) is 5.75 Å². The molecule has 0 amide bonds. The lowest BCUT2D eigenvalue weighted by molar-refractivity contribution is -0.131. The van der Waals surface area contributed by atoms with E-state index in [1.165, 1.54) is 17.8 Å². The average Bonchev–Trinajstić information content (AvgIpc) is 2.55. The Bertz CT molecular complexity index is 947. The van der Waals surface area contributed by atoms with E-state index >= 15 is 0 Å². The molecule has 0 fully saturated rings. The van der Waals surface area contributed by atoms with Gasteiger partial charge < -0.3 is 9.15 Å². The first kappa shape index (κ1) is 16.6. The van der Waals surface area contributed by atoms with E-state index < -0.39 is 5.63 Å². The van der Waals surface area contributed by atoms with Crippen molar-refractivity contribution in [3.05, 3.63) is 69.5 Å². The lowest BCUT2D eigenvalue weighted by Gasteiger charge is -2.06. The van der Waals surface area contributed by atoms with Gasteiger partial charge in [0.2, 0.25) is 0 Å². The van der Waals surface area contributed by atoms with E-state index in [2.05, 4.69) is 0 Å². The number of thioether (sulfide) groups is 1. The summed E-state index contributed by atoms with van der Waals surface area (Å²) in [6, 6.07) is 13.6. The van der Waals surface area contributed by atoms with Crippen LogP contribution >= 0.6 is 23.4 Å². The minimum Gasteiger partial charge on any atom is -0.426 e. The molecule has 4 nitrogen and oxygen atoms in total. The van der Waals surface area contributed by atoms with Crippen molar-refractivity contribution in [2.24, 2.45) is 0 Å². The van der Waals surface area contributed by atoms with Crippen LogP contribution < -0.4 is 10.4 Å². The van der Waals surface area contributed by atoms with Crippen molar-refractivity contribution in [1.29, 1.82) is 0 Å². The molecule has 0 bridgehead atoms. The van der Waals surface area contributed by atoms with Crippen LogP contribution in [0.1, 0.15) is 5.56 Å². The van der Waals surface area contributed by atoms with Gasteiger partial charge in [0.1, 0.15) is 11.3 Å². The third-order valence-electron chi connectivity index (χ3n) is 3.32. The number of hydrogen-bond acceptors (Lipinski definition) is 5. The summed E-state index contributed by atoms with van der Waals surface area (Å²) < 4.78 is 10.5. The normalized spacial score (nSPS) is 10.8. The largest absolute Gasteiger partial charge is 0.426 e. The van der Waals surface area contributed by atoms with Crippen LogP contribution in [0.4, 0.5) is 0 Å². The Morgan fingerprint density at radius 2 is 1.92 bits per heavy atom. The van der Waals surface area contributed by atoms with E-state index in [0.717, 1.165) is 15.8 Å². The highest BCUT2D eigenvalue weighted by molar-refractivity contribution is 8.00. The van der Waals surface area contributed by atoms with Crippen LogP contribution in [0.25, 0.3) is 11.0 Å². The van der Waals surface area contributed by atoms with Gasteiger partial charge in [-0.25, -0.2) is 4.79 Å². The Labute approximate surface area is 147 Å². The van der Waals surface area contributed by atoms with Gasteiger partial charge in [-0.2, -0.15) is 0 Å². The lowest BCUT2D eigenvalue weighted by atomic mass is 10.1. The van der Waals surface area contributed by atoms with Gasteiger partial charge in [-0.15, -0.1) is 11.8 Å². The summed E-state index contributed by atoms with van der Waals surface area (Å²) in [7, 11) is 0. The summed E-state index contributed by atoms with van der Waals surface area (Å²) in [5.74, 6) is 0.244. The van der Waals surface area contributed by atoms with E-state index in [4.69, 9.17) is 20.8 Å². The fraction of sp³-hybridized carbons (Fsp3) is 0.111. The zero-order valence-electron chi connectivity index (χ0n) is 12.7. The second-order valence-electron chi connectivity index (χ2n) is 5.12. The number of benzene rings is 2. The molecule has 0 radical (unpaired) electrons. The van der Waals surface area contributed by atoms with Gasteiger partial charge in [0.15, 0.2) is 0 Å². The topological polar surface area (TPSA) is 56.5 Å². The summed E-state index contributed by atoms with van der Waals surface area (Å²) in [4.78, 5) is 24.3. The zero-order valence-corrected chi connectivity index (χ0v) is 14.3. The molecule has 0 unspecified atom stereocenters. The van der Waals surface area contributed by atoms with Crippen molar-refractivity contribution in [2.75, 3.05) is 5.75 Å². The quantitative estimate of drug-likeness (QED) is 0.298. The van der Waals surface area contributed by atoms with Crippen molar-refractivity contribution in [3.63, 3.8) is 0 Å². The van der Waals surface area contributed by atoms with Crippen molar-refractivity contribution in [1.82, 2.24) is 0 Å². The van der Waals surface area contributed by atoms with Gasteiger partial charge in [0.05, 0.1) is 5.75 Å². The minimum atomic E-state index is -0.399. The highest BCUT2D eigenvalue weighted by atomic mass is 35.5. The van der Waals surface area contributed by atoms with Crippen molar-refractivity contribution < 1.29 is 13.9 Å². The molecule has 0 aliphatic heterocycles. The summed E-state index contributed by atoms with van der Waals surface area (Å²) >= 11 is 7.20. The maximum Gasteiger partial charge on any atom is 0.336 e. The van der Waals surface area contributed by atoms with Gasteiger partial charge >= 0.3 is 11.6 Å². The SMILES string of the molecule is Cc1cc(=O)oc2ccc(OC(=O)CSc3ccc(Cl)cc3)cc12. The maximum atomic E-state index is 12.0.